The topological polar surface area (TPSA) is 58.2 Å². The zero-order valence-electron chi connectivity index (χ0n) is 11.3. The number of hydrogen-bond donors (Lipinski definition) is 2. The van der Waals surface area contributed by atoms with Gasteiger partial charge in [0, 0.05) is 17.8 Å². The largest absolute Gasteiger partial charge is 0.349 e. The Labute approximate surface area is 127 Å². The Hall–Kier alpha value is -1.36. The molecule has 1 aromatic carbocycles. The van der Waals surface area contributed by atoms with Gasteiger partial charge in [0.2, 0.25) is 5.91 Å². The van der Waals surface area contributed by atoms with Crippen molar-refractivity contribution in [2.45, 2.75) is 38.1 Å². The maximum atomic E-state index is 12.1. The van der Waals surface area contributed by atoms with E-state index in [-0.39, 0.29) is 11.8 Å². The van der Waals surface area contributed by atoms with Crippen LogP contribution in [0.25, 0.3) is 0 Å². The lowest BCUT2D eigenvalue weighted by Gasteiger charge is -2.11. The lowest BCUT2D eigenvalue weighted by atomic mass is 10.1. The smallest absolute Gasteiger partial charge is 0.253 e. The lowest BCUT2D eigenvalue weighted by Crippen LogP contribution is -2.26. The minimum Gasteiger partial charge on any atom is -0.349 e. The second kappa shape index (κ2) is 7.43. The fraction of sp³-hybridized carbons (Fsp3) is 0.467. The van der Waals surface area contributed by atoms with E-state index in [0.29, 0.717) is 23.7 Å². The van der Waals surface area contributed by atoms with Crippen LogP contribution in [0.2, 0.25) is 0 Å². The first-order valence-corrected chi connectivity index (χ1v) is 8.08. The molecule has 0 bridgehead atoms. The number of halogens is 1. The summed E-state index contributed by atoms with van der Waals surface area (Å²) < 4.78 is 0. The van der Waals surface area contributed by atoms with Crippen molar-refractivity contribution in [2.75, 3.05) is 10.6 Å². The van der Waals surface area contributed by atoms with Gasteiger partial charge in [0.1, 0.15) is 0 Å². The number of para-hydroxylation sites is 1. The van der Waals surface area contributed by atoms with Crippen molar-refractivity contribution in [2.24, 2.45) is 0 Å². The number of amides is 2. The van der Waals surface area contributed by atoms with Crippen LogP contribution in [0, 0.1) is 0 Å². The molecule has 0 aromatic heterocycles. The Balaban J connectivity index is 1.95. The van der Waals surface area contributed by atoms with E-state index in [1.807, 2.05) is 12.1 Å². The van der Waals surface area contributed by atoms with Crippen LogP contribution in [0.1, 0.15) is 42.5 Å². The molecule has 2 rings (SSSR count). The summed E-state index contributed by atoms with van der Waals surface area (Å²) in [5, 5.41) is 6.67. The second-order valence-corrected chi connectivity index (χ2v) is 5.78. The molecule has 108 valence electrons. The van der Waals surface area contributed by atoms with Gasteiger partial charge in [-0.15, -0.1) is 0 Å². The van der Waals surface area contributed by atoms with Crippen molar-refractivity contribution in [3.8, 4) is 0 Å². The van der Waals surface area contributed by atoms with Crippen molar-refractivity contribution in [1.82, 2.24) is 5.32 Å². The zero-order valence-corrected chi connectivity index (χ0v) is 12.9. The number of unbranched alkanes of at least 4 members (excludes halogenated alkanes) is 1. The summed E-state index contributed by atoms with van der Waals surface area (Å²) in [6.07, 6.45) is 4.38. The van der Waals surface area contributed by atoms with E-state index in [4.69, 9.17) is 0 Å². The summed E-state index contributed by atoms with van der Waals surface area (Å²) in [5.41, 5.74) is 1.13. The SMILES string of the molecule is O=C(CCCCBr)Nc1ccccc1C(=O)NC1CC1. The summed E-state index contributed by atoms with van der Waals surface area (Å²) in [7, 11) is 0. The lowest BCUT2D eigenvalue weighted by molar-refractivity contribution is -0.116. The van der Waals surface area contributed by atoms with Crippen molar-refractivity contribution >= 4 is 33.4 Å². The molecule has 0 aliphatic heterocycles. The van der Waals surface area contributed by atoms with Crippen LogP contribution >= 0.6 is 15.9 Å². The molecule has 0 radical (unpaired) electrons. The molecule has 2 amide bonds. The third-order valence-electron chi connectivity index (χ3n) is 3.15. The van der Waals surface area contributed by atoms with Gasteiger partial charge < -0.3 is 10.6 Å². The van der Waals surface area contributed by atoms with Gasteiger partial charge in [0.15, 0.2) is 0 Å². The number of anilines is 1. The van der Waals surface area contributed by atoms with Crippen LogP contribution in [0.4, 0.5) is 5.69 Å². The van der Waals surface area contributed by atoms with Gasteiger partial charge in [-0.3, -0.25) is 9.59 Å². The summed E-state index contributed by atoms with van der Waals surface area (Å²) in [6, 6.07) is 7.45. The number of carbonyl (C=O) groups is 2. The van der Waals surface area contributed by atoms with Crippen molar-refractivity contribution < 1.29 is 9.59 Å². The second-order valence-electron chi connectivity index (χ2n) is 4.99. The van der Waals surface area contributed by atoms with Gasteiger partial charge >= 0.3 is 0 Å². The van der Waals surface area contributed by atoms with Crippen molar-refractivity contribution in [1.29, 1.82) is 0 Å². The molecule has 0 saturated heterocycles. The molecule has 1 saturated carbocycles. The van der Waals surface area contributed by atoms with E-state index in [2.05, 4.69) is 26.6 Å². The molecule has 1 aromatic rings. The minimum atomic E-state index is -0.108. The van der Waals surface area contributed by atoms with Gasteiger partial charge in [-0.1, -0.05) is 28.1 Å². The highest BCUT2D eigenvalue weighted by atomic mass is 79.9. The summed E-state index contributed by atoms with van der Waals surface area (Å²) in [5.74, 6) is -0.151. The van der Waals surface area contributed by atoms with E-state index < -0.39 is 0 Å². The predicted octanol–water partition coefficient (Wildman–Crippen LogP) is 3.08. The van der Waals surface area contributed by atoms with Gasteiger partial charge in [-0.2, -0.15) is 0 Å². The molecule has 0 atom stereocenters. The molecule has 1 aliphatic rings. The number of carbonyl (C=O) groups excluding carboxylic acids is 2. The van der Waals surface area contributed by atoms with Gasteiger partial charge in [0.25, 0.3) is 5.91 Å². The summed E-state index contributed by atoms with van der Waals surface area (Å²) in [4.78, 5) is 23.9. The van der Waals surface area contributed by atoms with E-state index in [1.54, 1.807) is 12.1 Å². The molecule has 20 heavy (non-hydrogen) atoms. The highest BCUT2D eigenvalue weighted by Gasteiger charge is 2.24. The maximum absolute atomic E-state index is 12.1. The van der Waals surface area contributed by atoms with Crippen LogP contribution in [0.3, 0.4) is 0 Å². The molecule has 5 heteroatoms. The number of rotatable bonds is 7. The van der Waals surface area contributed by atoms with Crippen LogP contribution in [-0.2, 0) is 4.79 Å². The average molecular weight is 339 g/mol. The highest BCUT2D eigenvalue weighted by molar-refractivity contribution is 9.09. The molecular weight excluding hydrogens is 320 g/mol. The van der Waals surface area contributed by atoms with Crippen LogP contribution < -0.4 is 10.6 Å². The number of hydrogen-bond acceptors (Lipinski definition) is 2. The molecule has 1 aliphatic carbocycles. The Bertz CT molecular complexity index is 487. The van der Waals surface area contributed by atoms with E-state index in [9.17, 15) is 9.59 Å². The Morgan fingerprint density at radius 1 is 1.20 bits per heavy atom. The fourth-order valence-electron chi connectivity index (χ4n) is 1.87. The zero-order chi connectivity index (χ0) is 14.4. The third-order valence-corrected chi connectivity index (χ3v) is 3.71. The normalized spacial score (nSPS) is 13.8. The van der Waals surface area contributed by atoms with Crippen molar-refractivity contribution in [3.63, 3.8) is 0 Å². The van der Waals surface area contributed by atoms with E-state index in [0.717, 1.165) is 31.0 Å². The molecular formula is C15H19BrN2O2. The Morgan fingerprint density at radius 2 is 1.95 bits per heavy atom. The first-order valence-electron chi connectivity index (χ1n) is 6.96. The first kappa shape index (κ1) is 15.0. The Kier molecular flexibility index (Phi) is 5.59. The van der Waals surface area contributed by atoms with Gasteiger partial charge in [-0.05, 0) is 37.8 Å². The molecule has 1 fully saturated rings. The third kappa shape index (κ3) is 4.63. The van der Waals surface area contributed by atoms with E-state index >= 15 is 0 Å². The molecule has 0 spiro atoms. The molecule has 4 nitrogen and oxygen atoms in total. The number of benzene rings is 1. The monoisotopic (exact) mass is 338 g/mol. The van der Waals surface area contributed by atoms with Crippen LogP contribution in [0.5, 0.6) is 0 Å². The Morgan fingerprint density at radius 3 is 2.65 bits per heavy atom. The van der Waals surface area contributed by atoms with Crippen LogP contribution in [0.15, 0.2) is 24.3 Å². The quantitative estimate of drug-likeness (QED) is 0.592. The van der Waals surface area contributed by atoms with Gasteiger partial charge in [-0.25, -0.2) is 0 Å². The van der Waals surface area contributed by atoms with Gasteiger partial charge in [0.05, 0.1) is 11.3 Å². The predicted molar refractivity (Wildman–Crippen MR) is 83.2 cm³/mol. The summed E-state index contributed by atoms with van der Waals surface area (Å²) >= 11 is 3.34. The molecule has 0 unspecified atom stereocenters. The maximum Gasteiger partial charge on any atom is 0.253 e. The van der Waals surface area contributed by atoms with Crippen LogP contribution in [-0.4, -0.2) is 23.2 Å². The number of alkyl halides is 1. The average Bonchev–Trinajstić information content (AvgIpc) is 3.23. The highest BCUT2D eigenvalue weighted by Crippen LogP contribution is 2.21. The standard InChI is InChI=1S/C15H19BrN2O2/c16-10-4-3-7-14(19)18-13-6-2-1-5-12(13)15(20)17-11-8-9-11/h1-2,5-6,11H,3-4,7-10H2,(H,17,20)(H,18,19). The summed E-state index contributed by atoms with van der Waals surface area (Å²) in [6.45, 7) is 0. The molecule has 2 N–H and O–H groups in total. The fourth-order valence-corrected chi connectivity index (χ4v) is 2.27. The number of nitrogens with one attached hydrogen (secondary N) is 2. The first-order chi connectivity index (χ1) is 9.70. The molecule has 0 heterocycles. The van der Waals surface area contributed by atoms with Crippen molar-refractivity contribution in [3.05, 3.63) is 29.8 Å². The van der Waals surface area contributed by atoms with E-state index in [1.165, 1.54) is 0 Å². The minimum absolute atomic E-state index is 0.0439.